The molecule has 33 heavy (non-hydrogen) atoms. The van der Waals surface area contributed by atoms with E-state index < -0.39 is 0 Å². The Balaban J connectivity index is 1.20. The summed E-state index contributed by atoms with van der Waals surface area (Å²) in [4.78, 5) is 16.1. The number of hydrogen-bond acceptors (Lipinski definition) is 7. The van der Waals surface area contributed by atoms with Crippen LogP contribution in [-0.4, -0.2) is 49.9 Å². The molecule has 2 aliphatic rings. The molecule has 2 fully saturated rings. The quantitative estimate of drug-likeness (QED) is 0.447. The number of anilines is 3. The fraction of sp³-hybridized carbons (Fsp3) is 0.200. The van der Waals surface area contributed by atoms with Crippen molar-refractivity contribution in [2.75, 3.05) is 29.9 Å². The van der Waals surface area contributed by atoms with E-state index in [-0.39, 0.29) is 0 Å². The fourth-order valence-electron chi connectivity index (χ4n) is 4.81. The van der Waals surface area contributed by atoms with Gasteiger partial charge in [0.15, 0.2) is 5.82 Å². The molecule has 2 N–H and O–H groups in total. The summed E-state index contributed by atoms with van der Waals surface area (Å²) in [5, 5.41) is 12.6. The maximum atomic E-state index is 4.92. The molecule has 1 spiro atoms. The van der Waals surface area contributed by atoms with Gasteiger partial charge < -0.3 is 15.5 Å². The Hall–Kier alpha value is -4.04. The first-order valence-electron chi connectivity index (χ1n) is 11.2. The first kappa shape index (κ1) is 18.5. The number of aromatic nitrogens is 5. The second kappa shape index (κ2) is 6.98. The molecule has 0 radical (unpaired) electrons. The molecule has 0 amide bonds. The van der Waals surface area contributed by atoms with Crippen LogP contribution in [0.4, 0.5) is 17.3 Å². The van der Waals surface area contributed by atoms with E-state index in [4.69, 9.17) is 4.98 Å². The van der Waals surface area contributed by atoms with Gasteiger partial charge in [-0.05, 0) is 55.4 Å². The Morgan fingerprint density at radius 2 is 1.85 bits per heavy atom. The number of benzene rings is 2. The summed E-state index contributed by atoms with van der Waals surface area (Å²) in [6.07, 6.45) is 4.71. The molecule has 7 rings (SSSR count). The average Bonchev–Trinajstić information content (AvgIpc) is 3.21. The van der Waals surface area contributed by atoms with Crippen molar-refractivity contribution in [1.82, 2.24) is 30.0 Å². The van der Waals surface area contributed by atoms with Crippen LogP contribution in [0.1, 0.15) is 6.42 Å². The van der Waals surface area contributed by atoms with Gasteiger partial charge in [0.25, 0.3) is 0 Å². The third-order valence-electron chi connectivity index (χ3n) is 6.71. The van der Waals surface area contributed by atoms with Crippen LogP contribution in [0.15, 0.2) is 73.2 Å². The molecule has 0 atom stereocenters. The lowest BCUT2D eigenvalue weighted by Gasteiger charge is -2.56. The smallest absolute Gasteiger partial charge is 0.160 e. The Kier molecular flexibility index (Phi) is 3.92. The normalized spacial score (nSPS) is 16.7. The predicted molar refractivity (Wildman–Crippen MR) is 129 cm³/mol. The molecule has 8 heteroatoms. The molecule has 2 aromatic carbocycles. The monoisotopic (exact) mass is 434 g/mol. The lowest BCUT2D eigenvalue weighted by molar-refractivity contribution is 0.159. The minimum Gasteiger partial charge on any atom is -0.353 e. The highest BCUT2D eigenvalue weighted by atomic mass is 15.3. The number of nitrogens with zero attached hydrogens (tertiary/aromatic N) is 6. The minimum absolute atomic E-state index is 0.310. The van der Waals surface area contributed by atoms with Crippen molar-refractivity contribution >= 4 is 39.3 Å². The van der Waals surface area contributed by atoms with Gasteiger partial charge in [-0.2, -0.15) is 5.10 Å². The molecule has 0 aliphatic carbocycles. The fourth-order valence-corrected chi connectivity index (χ4v) is 4.81. The van der Waals surface area contributed by atoms with Gasteiger partial charge >= 0.3 is 0 Å². The van der Waals surface area contributed by atoms with E-state index in [1.54, 1.807) is 6.33 Å². The summed E-state index contributed by atoms with van der Waals surface area (Å²) >= 11 is 0. The first-order chi connectivity index (χ1) is 16.3. The van der Waals surface area contributed by atoms with E-state index in [9.17, 15) is 0 Å². The summed E-state index contributed by atoms with van der Waals surface area (Å²) in [6.45, 7) is 3.13. The number of pyridine rings is 1. The largest absolute Gasteiger partial charge is 0.353 e. The molecule has 5 aromatic rings. The van der Waals surface area contributed by atoms with Crippen LogP contribution in [0.25, 0.3) is 27.6 Å². The first-order valence-corrected chi connectivity index (χ1v) is 11.2. The number of hydrogen-bond donors (Lipinski definition) is 2. The van der Waals surface area contributed by atoms with E-state index in [0.29, 0.717) is 11.4 Å². The summed E-state index contributed by atoms with van der Waals surface area (Å²) in [6, 6.07) is 20.4. The molecular formula is C25H22N8. The van der Waals surface area contributed by atoms with Crippen molar-refractivity contribution in [3.63, 3.8) is 0 Å². The molecule has 2 aliphatic heterocycles. The third kappa shape index (κ3) is 3.02. The highest BCUT2D eigenvalue weighted by Gasteiger charge is 2.47. The maximum absolute atomic E-state index is 4.92. The van der Waals surface area contributed by atoms with Gasteiger partial charge in [0.2, 0.25) is 0 Å². The molecule has 8 nitrogen and oxygen atoms in total. The summed E-state index contributed by atoms with van der Waals surface area (Å²) in [5.74, 6) is 1.67. The van der Waals surface area contributed by atoms with Gasteiger partial charge in [-0.1, -0.05) is 18.2 Å². The number of para-hydroxylation sites is 1. The van der Waals surface area contributed by atoms with Crippen molar-refractivity contribution in [3.8, 4) is 5.69 Å². The Morgan fingerprint density at radius 1 is 0.970 bits per heavy atom. The van der Waals surface area contributed by atoms with Crippen LogP contribution in [0.3, 0.4) is 0 Å². The molecule has 162 valence electrons. The third-order valence-corrected chi connectivity index (χ3v) is 6.71. The topological polar surface area (TPSA) is 83.8 Å². The zero-order valence-electron chi connectivity index (χ0n) is 17.9. The summed E-state index contributed by atoms with van der Waals surface area (Å²) in [7, 11) is 0. The van der Waals surface area contributed by atoms with Crippen LogP contribution in [0.5, 0.6) is 0 Å². The van der Waals surface area contributed by atoms with E-state index in [1.165, 1.54) is 6.42 Å². The molecule has 2 saturated heterocycles. The molecular weight excluding hydrogens is 412 g/mol. The molecule has 0 saturated carbocycles. The standard InChI is InChI=1S/C25H22N8/c1-2-4-19(5-3-1)33-21-8-6-18(12-17(21)13-29-33)30-24-23-20(26-16-27-24)7-9-22(31-23)32-14-25(15-32)10-11-28-25/h1-9,12-13,16,28H,10-11,14-15H2,(H,26,27,30). The molecule has 0 unspecified atom stereocenters. The number of nitrogens with one attached hydrogen (secondary N) is 2. The zero-order chi connectivity index (χ0) is 21.8. The highest BCUT2D eigenvalue weighted by molar-refractivity contribution is 5.90. The van der Waals surface area contributed by atoms with E-state index >= 15 is 0 Å². The van der Waals surface area contributed by atoms with Crippen molar-refractivity contribution in [1.29, 1.82) is 0 Å². The second-order valence-electron chi connectivity index (χ2n) is 8.86. The van der Waals surface area contributed by atoms with Crippen molar-refractivity contribution < 1.29 is 0 Å². The van der Waals surface area contributed by atoms with Gasteiger partial charge in [0, 0.05) is 24.2 Å². The van der Waals surface area contributed by atoms with E-state index in [1.807, 2.05) is 41.2 Å². The maximum Gasteiger partial charge on any atom is 0.160 e. The van der Waals surface area contributed by atoms with Crippen LogP contribution in [0, 0.1) is 0 Å². The van der Waals surface area contributed by atoms with E-state index in [0.717, 1.165) is 58.8 Å². The Labute approximate surface area is 190 Å². The van der Waals surface area contributed by atoms with E-state index in [2.05, 4.69) is 60.9 Å². The highest BCUT2D eigenvalue weighted by Crippen LogP contribution is 2.34. The van der Waals surface area contributed by atoms with Crippen molar-refractivity contribution in [3.05, 3.63) is 73.2 Å². The zero-order valence-corrected chi connectivity index (χ0v) is 17.9. The molecule has 5 heterocycles. The summed E-state index contributed by atoms with van der Waals surface area (Å²) < 4.78 is 1.95. The van der Waals surface area contributed by atoms with Gasteiger partial charge in [-0.15, -0.1) is 0 Å². The minimum atomic E-state index is 0.310. The lowest BCUT2D eigenvalue weighted by atomic mass is 9.80. The Bertz CT molecular complexity index is 1480. The SMILES string of the molecule is c1ccc(-n2ncc3cc(Nc4ncnc5ccc(N6CC7(CCN7)C6)nc45)ccc32)cc1. The van der Waals surface area contributed by atoms with Gasteiger partial charge in [0.1, 0.15) is 17.7 Å². The average molecular weight is 435 g/mol. The van der Waals surface area contributed by atoms with Crippen LogP contribution < -0.4 is 15.5 Å². The van der Waals surface area contributed by atoms with Gasteiger partial charge in [-0.25, -0.2) is 19.6 Å². The number of rotatable bonds is 4. The summed E-state index contributed by atoms with van der Waals surface area (Å²) in [5.41, 5.74) is 4.94. The second-order valence-corrected chi connectivity index (χ2v) is 8.86. The molecule has 0 bridgehead atoms. The van der Waals surface area contributed by atoms with Gasteiger partial charge in [0.05, 0.1) is 28.5 Å². The van der Waals surface area contributed by atoms with Crippen LogP contribution in [-0.2, 0) is 0 Å². The van der Waals surface area contributed by atoms with Crippen molar-refractivity contribution in [2.24, 2.45) is 0 Å². The lowest BCUT2D eigenvalue weighted by Crippen LogP contribution is -2.76. The van der Waals surface area contributed by atoms with Crippen LogP contribution >= 0.6 is 0 Å². The number of fused-ring (bicyclic) bond motifs is 2. The van der Waals surface area contributed by atoms with Gasteiger partial charge in [-0.3, -0.25) is 0 Å². The Morgan fingerprint density at radius 3 is 2.67 bits per heavy atom. The predicted octanol–water partition coefficient (Wildman–Crippen LogP) is 3.66. The molecule has 3 aromatic heterocycles. The van der Waals surface area contributed by atoms with Crippen molar-refractivity contribution in [2.45, 2.75) is 12.0 Å². The van der Waals surface area contributed by atoms with Crippen LogP contribution in [0.2, 0.25) is 0 Å².